The van der Waals surface area contributed by atoms with Gasteiger partial charge in [-0.3, -0.25) is 4.79 Å². The standard InChI is InChI=1S/C13H21N3O3S2/c1-3-6-16(10-4-5-15-8-10)13(17)12-7-11(9-20-12)21(18,19)14-2/h7,9-10,14-15H,3-6,8H2,1-2H3. The lowest BCUT2D eigenvalue weighted by atomic mass is 10.2. The molecule has 2 N–H and O–H groups in total. The van der Waals surface area contributed by atoms with E-state index in [0.29, 0.717) is 11.4 Å². The van der Waals surface area contributed by atoms with Crippen molar-refractivity contribution in [3.63, 3.8) is 0 Å². The van der Waals surface area contributed by atoms with Crippen molar-refractivity contribution in [2.75, 3.05) is 26.7 Å². The monoisotopic (exact) mass is 331 g/mol. The summed E-state index contributed by atoms with van der Waals surface area (Å²) in [4.78, 5) is 15.1. The van der Waals surface area contributed by atoms with E-state index in [1.807, 2.05) is 11.8 Å². The van der Waals surface area contributed by atoms with Crippen LogP contribution in [0.1, 0.15) is 29.4 Å². The van der Waals surface area contributed by atoms with Gasteiger partial charge in [-0.25, -0.2) is 13.1 Å². The molecule has 21 heavy (non-hydrogen) atoms. The summed E-state index contributed by atoms with van der Waals surface area (Å²) in [6.07, 6.45) is 1.83. The number of carbonyl (C=O) groups excluding carboxylic acids is 1. The summed E-state index contributed by atoms with van der Waals surface area (Å²) in [5.74, 6) is -0.0758. The van der Waals surface area contributed by atoms with Crippen LogP contribution in [0.5, 0.6) is 0 Å². The van der Waals surface area contributed by atoms with Crippen LogP contribution in [-0.2, 0) is 10.0 Å². The number of hydrogen-bond acceptors (Lipinski definition) is 5. The van der Waals surface area contributed by atoms with Gasteiger partial charge in [-0.15, -0.1) is 11.3 Å². The van der Waals surface area contributed by atoms with Crippen LogP contribution >= 0.6 is 11.3 Å². The summed E-state index contributed by atoms with van der Waals surface area (Å²) in [7, 11) is -2.13. The molecule has 2 rings (SSSR count). The van der Waals surface area contributed by atoms with E-state index in [-0.39, 0.29) is 16.8 Å². The van der Waals surface area contributed by atoms with Crippen molar-refractivity contribution in [3.8, 4) is 0 Å². The van der Waals surface area contributed by atoms with Crippen LogP contribution < -0.4 is 10.0 Å². The molecule has 0 aromatic carbocycles. The van der Waals surface area contributed by atoms with Crippen LogP contribution in [0.15, 0.2) is 16.3 Å². The Labute approximate surface area is 129 Å². The summed E-state index contributed by atoms with van der Waals surface area (Å²) in [6.45, 7) is 4.45. The molecule has 0 spiro atoms. The topological polar surface area (TPSA) is 78.5 Å². The van der Waals surface area contributed by atoms with E-state index < -0.39 is 10.0 Å². The van der Waals surface area contributed by atoms with E-state index in [1.165, 1.54) is 29.8 Å². The Balaban J connectivity index is 2.21. The number of rotatable bonds is 6. The maximum Gasteiger partial charge on any atom is 0.264 e. The number of amides is 1. The molecule has 6 nitrogen and oxygen atoms in total. The van der Waals surface area contributed by atoms with Gasteiger partial charge in [0.25, 0.3) is 5.91 Å². The molecule has 1 aliphatic heterocycles. The van der Waals surface area contributed by atoms with E-state index in [4.69, 9.17) is 0 Å². The molecule has 1 aromatic heterocycles. The van der Waals surface area contributed by atoms with E-state index in [9.17, 15) is 13.2 Å². The highest BCUT2D eigenvalue weighted by molar-refractivity contribution is 7.89. The minimum absolute atomic E-state index is 0.0758. The third-order valence-electron chi connectivity index (χ3n) is 3.57. The average Bonchev–Trinajstić information content (AvgIpc) is 3.14. The molecule has 8 heteroatoms. The van der Waals surface area contributed by atoms with Gasteiger partial charge in [-0.2, -0.15) is 0 Å². The van der Waals surface area contributed by atoms with Crippen molar-refractivity contribution in [2.24, 2.45) is 0 Å². The van der Waals surface area contributed by atoms with Crippen molar-refractivity contribution >= 4 is 27.3 Å². The highest BCUT2D eigenvalue weighted by atomic mass is 32.2. The Morgan fingerprint density at radius 2 is 2.33 bits per heavy atom. The van der Waals surface area contributed by atoms with E-state index in [2.05, 4.69) is 10.0 Å². The first-order chi connectivity index (χ1) is 9.99. The second-order valence-corrected chi connectivity index (χ2v) is 7.80. The molecular weight excluding hydrogens is 310 g/mol. The molecule has 1 unspecified atom stereocenters. The van der Waals surface area contributed by atoms with Crippen LogP contribution in [0.25, 0.3) is 0 Å². The Morgan fingerprint density at radius 1 is 1.57 bits per heavy atom. The Morgan fingerprint density at radius 3 is 2.90 bits per heavy atom. The van der Waals surface area contributed by atoms with Gasteiger partial charge < -0.3 is 10.2 Å². The number of sulfonamides is 1. The Kier molecular flexibility index (Phi) is 5.37. The molecular formula is C13H21N3O3S2. The zero-order valence-electron chi connectivity index (χ0n) is 12.3. The van der Waals surface area contributed by atoms with Gasteiger partial charge in [-0.1, -0.05) is 6.92 Å². The van der Waals surface area contributed by atoms with Crippen molar-refractivity contribution in [3.05, 3.63) is 16.3 Å². The molecule has 1 aromatic rings. The molecule has 2 heterocycles. The maximum atomic E-state index is 12.6. The first-order valence-electron chi connectivity index (χ1n) is 7.03. The van der Waals surface area contributed by atoms with E-state index in [1.54, 1.807) is 0 Å². The number of carbonyl (C=O) groups is 1. The predicted molar refractivity (Wildman–Crippen MR) is 83.2 cm³/mol. The molecule has 1 atom stereocenters. The van der Waals surface area contributed by atoms with Crippen molar-refractivity contribution in [2.45, 2.75) is 30.7 Å². The highest BCUT2D eigenvalue weighted by Gasteiger charge is 2.28. The largest absolute Gasteiger partial charge is 0.334 e. The number of thiophene rings is 1. The fourth-order valence-corrected chi connectivity index (χ4v) is 4.39. The molecule has 0 saturated carbocycles. The molecule has 1 amide bonds. The number of nitrogens with zero attached hydrogens (tertiary/aromatic N) is 1. The Bertz CT molecular complexity index is 592. The second-order valence-electron chi connectivity index (χ2n) is 5.00. The number of hydrogen-bond donors (Lipinski definition) is 2. The van der Waals surface area contributed by atoms with Crippen molar-refractivity contribution in [1.82, 2.24) is 14.9 Å². The van der Waals surface area contributed by atoms with Crippen LogP contribution in [0, 0.1) is 0 Å². The molecule has 0 aliphatic carbocycles. The van der Waals surface area contributed by atoms with E-state index in [0.717, 1.165) is 25.9 Å². The lowest BCUT2D eigenvalue weighted by Gasteiger charge is -2.27. The zero-order valence-corrected chi connectivity index (χ0v) is 13.9. The van der Waals surface area contributed by atoms with Gasteiger partial charge in [0.2, 0.25) is 10.0 Å². The summed E-state index contributed by atoms with van der Waals surface area (Å²) >= 11 is 1.18. The predicted octanol–water partition coefficient (Wildman–Crippen LogP) is 0.870. The van der Waals surface area contributed by atoms with Gasteiger partial charge in [0.1, 0.15) is 0 Å². The number of nitrogens with one attached hydrogen (secondary N) is 2. The third kappa shape index (κ3) is 3.63. The van der Waals surface area contributed by atoms with Gasteiger partial charge in [0, 0.05) is 24.5 Å². The molecule has 1 aliphatic rings. The lowest BCUT2D eigenvalue weighted by Crippen LogP contribution is -2.41. The van der Waals surface area contributed by atoms with Gasteiger partial charge >= 0.3 is 0 Å². The molecule has 1 fully saturated rings. The minimum atomic E-state index is -3.49. The van der Waals surface area contributed by atoms with Crippen LogP contribution in [0.3, 0.4) is 0 Å². The molecule has 0 bridgehead atoms. The van der Waals surface area contributed by atoms with Crippen molar-refractivity contribution in [1.29, 1.82) is 0 Å². The third-order valence-corrected chi connectivity index (χ3v) is 6.03. The van der Waals surface area contributed by atoms with Gasteiger partial charge in [-0.05, 0) is 32.5 Å². The van der Waals surface area contributed by atoms with E-state index >= 15 is 0 Å². The fraction of sp³-hybridized carbons (Fsp3) is 0.615. The first kappa shape index (κ1) is 16.4. The zero-order chi connectivity index (χ0) is 15.5. The summed E-state index contributed by atoms with van der Waals surface area (Å²) < 4.78 is 25.8. The molecule has 118 valence electrons. The highest BCUT2D eigenvalue weighted by Crippen LogP contribution is 2.22. The second kappa shape index (κ2) is 6.87. The summed E-state index contributed by atoms with van der Waals surface area (Å²) in [5, 5.41) is 4.77. The lowest BCUT2D eigenvalue weighted by molar-refractivity contribution is 0.0697. The smallest absolute Gasteiger partial charge is 0.264 e. The summed E-state index contributed by atoms with van der Waals surface area (Å²) in [6, 6.07) is 1.66. The average molecular weight is 331 g/mol. The Hall–Kier alpha value is -0.960. The normalized spacial score (nSPS) is 18.9. The quantitative estimate of drug-likeness (QED) is 0.811. The summed E-state index contributed by atoms with van der Waals surface area (Å²) in [5.41, 5.74) is 0. The molecule has 1 saturated heterocycles. The van der Waals surface area contributed by atoms with Crippen molar-refractivity contribution < 1.29 is 13.2 Å². The maximum absolute atomic E-state index is 12.6. The molecule has 0 radical (unpaired) electrons. The van der Waals surface area contributed by atoms with Crippen LogP contribution in [0.4, 0.5) is 0 Å². The van der Waals surface area contributed by atoms with Gasteiger partial charge in [0.05, 0.1) is 9.77 Å². The van der Waals surface area contributed by atoms with Crippen LogP contribution in [0.2, 0.25) is 0 Å². The van der Waals surface area contributed by atoms with Crippen LogP contribution in [-0.4, -0.2) is 51.9 Å². The SMILES string of the molecule is CCCN(C(=O)c1cc(S(=O)(=O)NC)cs1)C1CCNC1. The van der Waals surface area contributed by atoms with Gasteiger partial charge in [0.15, 0.2) is 0 Å². The first-order valence-corrected chi connectivity index (χ1v) is 9.39. The minimum Gasteiger partial charge on any atom is -0.334 e. The fourth-order valence-electron chi connectivity index (χ4n) is 2.43.